The maximum absolute atomic E-state index is 13.4. The van der Waals surface area contributed by atoms with Gasteiger partial charge in [0, 0.05) is 112 Å². The largest absolute Gasteiger partial charge is 0.385 e. The van der Waals surface area contributed by atoms with Crippen LogP contribution in [-0.2, 0) is 43.0 Å². The van der Waals surface area contributed by atoms with Crippen molar-refractivity contribution in [1.29, 1.82) is 0 Å². The zero-order valence-corrected chi connectivity index (χ0v) is 34.6. The molecule has 18 heteroatoms. The second kappa shape index (κ2) is 32.9. The standard InChI is InChI=1S/C39H67N7O11/c1-8-36(51)45(26-17-38(53)43(22-13-32(5)47)23-14-35(50)42-21-12-30-57-31(3)4)46(37(52)9-2)27-18-39(54)44(24-15-33(48)40-19-10-28-55-6)25-16-34(49)41-20-11-29-56-7/h1-2,31,33,39-40,48,54H,10-30H2,3-7H3,(H,41,49)(H,42,50). The average Bonchev–Trinajstić information content (AvgIpc) is 3.18. The molecule has 5 N–H and O–H groups in total. The molecule has 0 aromatic rings. The smallest absolute Gasteiger partial charge is 0.316 e. The number of carbonyl (C=O) groups is 6. The predicted octanol–water partition coefficient (Wildman–Crippen LogP) is -0.768. The molecule has 57 heavy (non-hydrogen) atoms. The lowest BCUT2D eigenvalue weighted by Crippen LogP contribution is -2.52. The zero-order chi connectivity index (χ0) is 43.0. The maximum atomic E-state index is 13.4. The van der Waals surface area contributed by atoms with E-state index in [2.05, 4.69) is 16.0 Å². The van der Waals surface area contributed by atoms with Crippen LogP contribution in [-0.4, -0.2) is 177 Å². The van der Waals surface area contributed by atoms with Crippen molar-refractivity contribution in [3.63, 3.8) is 0 Å². The topological polar surface area (TPSA) is 220 Å². The molecule has 2 atom stereocenters. The van der Waals surface area contributed by atoms with Gasteiger partial charge >= 0.3 is 11.8 Å². The second-order valence-corrected chi connectivity index (χ2v) is 13.5. The summed E-state index contributed by atoms with van der Waals surface area (Å²) in [5.41, 5.74) is 0. The molecule has 0 fully saturated rings. The Bertz CT molecular complexity index is 1290. The first kappa shape index (κ1) is 52.9. The van der Waals surface area contributed by atoms with Crippen LogP contribution in [0.15, 0.2) is 0 Å². The fourth-order valence-corrected chi connectivity index (χ4v) is 5.25. The molecular formula is C39H67N7O11. The van der Waals surface area contributed by atoms with Gasteiger partial charge < -0.3 is 40.0 Å². The van der Waals surface area contributed by atoms with Gasteiger partial charge in [-0.25, -0.2) is 10.0 Å². The molecule has 0 spiro atoms. The molecule has 0 aliphatic heterocycles. The third-order valence-electron chi connectivity index (χ3n) is 8.42. The Morgan fingerprint density at radius 2 is 1.19 bits per heavy atom. The Labute approximate surface area is 338 Å². The van der Waals surface area contributed by atoms with Gasteiger partial charge in [0.2, 0.25) is 17.7 Å². The van der Waals surface area contributed by atoms with Crippen LogP contribution in [0.3, 0.4) is 0 Å². The Kier molecular flexibility index (Phi) is 30.5. The van der Waals surface area contributed by atoms with E-state index in [9.17, 15) is 39.0 Å². The molecule has 0 rings (SSSR count). The van der Waals surface area contributed by atoms with Crippen LogP contribution in [0.5, 0.6) is 0 Å². The number of aliphatic hydroxyl groups excluding tert-OH is 2. The molecule has 18 nitrogen and oxygen atoms in total. The maximum Gasteiger partial charge on any atom is 0.316 e. The number of methoxy groups -OCH3 is 2. The number of amides is 5. The van der Waals surface area contributed by atoms with Gasteiger partial charge in [-0.1, -0.05) is 0 Å². The number of rotatable bonds is 33. The second-order valence-electron chi connectivity index (χ2n) is 13.5. The van der Waals surface area contributed by atoms with Gasteiger partial charge in [-0.05, 0) is 64.8 Å². The van der Waals surface area contributed by atoms with E-state index in [1.165, 1.54) is 11.8 Å². The highest BCUT2D eigenvalue weighted by Crippen LogP contribution is 2.11. The van der Waals surface area contributed by atoms with Crippen molar-refractivity contribution < 1.29 is 53.2 Å². The van der Waals surface area contributed by atoms with Crippen LogP contribution < -0.4 is 16.0 Å². The number of ether oxygens (including phenoxy) is 3. The van der Waals surface area contributed by atoms with E-state index < -0.39 is 30.2 Å². The highest BCUT2D eigenvalue weighted by Gasteiger charge is 2.28. The molecule has 0 aromatic heterocycles. The van der Waals surface area contributed by atoms with E-state index in [0.717, 1.165) is 10.0 Å². The lowest BCUT2D eigenvalue weighted by Gasteiger charge is -2.35. The molecule has 0 bridgehead atoms. The number of hydrazine groups is 1. The Morgan fingerprint density at radius 3 is 1.74 bits per heavy atom. The van der Waals surface area contributed by atoms with Gasteiger partial charge in [-0.3, -0.25) is 39.0 Å². The fourth-order valence-electron chi connectivity index (χ4n) is 5.25. The lowest BCUT2D eigenvalue weighted by molar-refractivity contribution is -0.159. The number of ketones is 1. The molecule has 0 aliphatic carbocycles. The van der Waals surface area contributed by atoms with Crippen molar-refractivity contribution >= 4 is 35.3 Å². The molecule has 0 aliphatic rings. The van der Waals surface area contributed by atoms with E-state index in [0.29, 0.717) is 58.7 Å². The third kappa shape index (κ3) is 26.4. The third-order valence-corrected chi connectivity index (χ3v) is 8.42. The van der Waals surface area contributed by atoms with Crippen LogP contribution in [0.4, 0.5) is 0 Å². The number of nitrogens with one attached hydrogen (secondary N) is 3. The number of carbonyl (C=O) groups excluding carboxylic acids is 6. The lowest BCUT2D eigenvalue weighted by atomic mass is 10.2. The summed E-state index contributed by atoms with van der Waals surface area (Å²) in [4.78, 5) is 79.1. The van der Waals surface area contributed by atoms with Crippen molar-refractivity contribution in [2.75, 3.05) is 92.9 Å². The van der Waals surface area contributed by atoms with Crippen LogP contribution in [0.25, 0.3) is 0 Å². The minimum absolute atomic E-state index is 0.00110. The summed E-state index contributed by atoms with van der Waals surface area (Å²) < 4.78 is 15.5. The van der Waals surface area contributed by atoms with Gasteiger partial charge in [0.15, 0.2) is 0 Å². The highest BCUT2D eigenvalue weighted by atomic mass is 16.5. The van der Waals surface area contributed by atoms with Gasteiger partial charge in [0.25, 0.3) is 0 Å². The summed E-state index contributed by atoms with van der Waals surface area (Å²) in [6.45, 7) is 7.56. The SMILES string of the molecule is C#CC(=O)N(CCC(=O)N(CCC(C)=O)CCC(=O)NCCCOC(C)C)N(CCC(O)N(CCC(=O)NCCCOC)CCC(O)NCCCOC)C(=O)C#C. The molecule has 0 heterocycles. The number of hydrogen-bond donors (Lipinski definition) is 5. The van der Waals surface area contributed by atoms with E-state index >= 15 is 0 Å². The predicted molar refractivity (Wildman–Crippen MR) is 212 cm³/mol. The molecule has 0 radical (unpaired) electrons. The van der Waals surface area contributed by atoms with Gasteiger partial charge in [-0.2, -0.15) is 0 Å². The quantitative estimate of drug-likeness (QED) is 0.0239. The molecule has 2 unspecified atom stereocenters. The Balaban J connectivity index is 5.80. The zero-order valence-electron chi connectivity index (χ0n) is 34.6. The summed E-state index contributed by atoms with van der Waals surface area (Å²) in [6, 6.07) is 0. The molecule has 0 aromatic carbocycles. The number of aliphatic hydroxyl groups is 2. The molecule has 0 saturated heterocycles. The van der Waals surface area contributed by atoms with Crippen LogP contribution in [0.1, 0.15) is 78.6 Å². The monoisotopic (exact) mass is 809 g/mol. The van der Waals surface area contributed by atoms with Gasteiger partial charge in [-0.15, -0.1) is 12.8 Å². The summed E-state index contributed by atoms with van der Waals surface area (Å²) in [5, 5.41) is 32.0. The first-order valence-corrected chi connectivity index (χ1v) is 19.5. The first-order valence-electron chi connectivity index (χ1n) is 19.5. The summed E-state index contributed by atoms with van der Waals surface area (Å²) >= 11 is 0. The summed E-state index contributed by atoms with van der Waals surface area (Å²) in [7, 11) is 3.14. The van der Waals surface area contributed by atoms with Crippen molar-refractivity contribution in [1.82, 2.24) is 35.8 Å². The Hall–Kier alpha value is -4.14. The van der Waals surface area contributed by atoms with Crippen molar-refractivity contribution in [3.05, 3.63) is 0 Å². The molecular weight excluding hydrogens is 742 g/mol. The average molecular weight is 810 g/mol. The normalized spacial score (nSPS) is 12.0. The number of Topliss-reactive ketones (excluding diaryl/α,β-unsaturated/α-hetero) is 1. The van der Waals surface area contributed by atoms with Crippen LogP contribution in [0.2, 0.25) is 0 Å². The van der Waals surface area contributed by atoms with Crippen molar-refractivity contribution in [2.24, 2.45) is 0 Å². The van der Waals surface area contributed by atoms with E-state index in [-0.39, 0.29) is 101 Å². The van der Waals surface area contributed by atoms with Crippen molar-refractivity contribution in [2.45, 2.75) is 97.1 Å². The van der Waals surface area contributed by atoms with Crippen molar-refractivity contribution in [3.8, 4) is 24.7 Å². The number of nitrogens with zero attached hydrogens (tertiary/aromatic N) is 4. The molecule has 0 saturated carbocycles. The van der Waals surface area contributed by atoms with Crippen LogP contribution >= 0.6 is 0 Å². The Morgan fingerprint density at radius 1 is 0.667 bits per heavy atom. The van der Waals surface area contributed by atoms with Gasteiger partial charge in [0.1, 0.15) is 18.2 Å². The fraction of sp³-hybridized carbons (Fsp3) is 0.744. The van der Waals surface area contributed by atoms with Crippen LogP contribution in [0, 0.1) is 24.7 Å². The number of terminal acetylenes is 2. The number of hydrogen-bond acceptors (Lipinski definition) is 13. The first-order chi connectivity index (χ1) is 27.2. The van der Waals surface area contributed by atoms with Gasteiger partial charge in [0.05, 0.1) is 12.6 Å². The summed E-state index contributed by atoms with van der Waals surface area (Å²) in [6.07, 6.45) is 10.4. The van der Waals surface area contributed by atoms with E-state index in [1.54, 1.807) is 19.1 Å². The molecule has 324 valence electrons. The minimum atomic E-state index is -1.26. The molecule has 5 amide bonds. The van der Waals surface area contributed by atoms with E-state index in [4.69, 9.17) is 27.1 Å². The highest BCUT2D eigenvalue weighted by molar-refractivity contribution is 5.98. The summed E-state index contributed by atoms with van der Waals surface area (Å²) in [5.74, 6) is 0.747. The minimum Gasteiger partial charge on any atom is -0.385 e. The van der Waals surface area contributed by atoms with E-state index in [1.807, 2.05) is 25.7 Å².